The molecule has 0 aliphatic rings. The van der Waals surface area contributed by atoms with Crippen molar-refractivity contribution in [3.8, 4) is 11.5 Å². The van der Waals surface area contributed by atoms with E-state index in [-0.39, 0.29) is 11.6 Å². The molecule has 0 atom stereocenters. The molecule has 0 aliphatic carbocycles. The van der Waals surface area contributed by atoms with Crippen LogP contribution in [0.3, 0.4) is 0 Å². The summed E-state index contributed by atoms with van der Waals surface area (Å²) in [7, 11) is 2.93. The highest BCUT2D eigenvalue weighted by Crippen LogP contribution is 2.29. The average molecular weight is 222 g/mol. The van der Waals surface area contributed by atoms with E-state index >= 15 is 0 Å². The Morgan fingerprint density at radius 3 is 1.50 bits per heavy atom. The molecule has 1 aromatic rings. The predicted octanol–water partition coefficient (Wildman–Crippen LogP) is 2.11. The van der Waals surface area contributed by atoms with Crippen molar-refractivity contribution >= 4 is 11.6 Å². The van der Waals surface area contributed by atoms with E-state index in [1.807, 2.05) is 0 Å². The number of benzene rings is 1. The Morgan fingerprint density at radius 1 is 0.875 bits per heavy atom. The van der Waals surface area contributed by atoms with Crippen molar-refractivity contribution in [2.45, 2.75) is 13.8 Å². The monoisotopic (exact) mass is 222 g/mol. The second kappa shape index (κ2) is 4.79. The minimum Gasteiger partial charge on any atom is -0.496 e. The first kappa shape index (κ1) is 12.2. The lowest BCUT2D eigenvalue weighted by atomic mass is 10.0. The van der Waals surface area contributed by atoms with E-state index in [0.29, 0.717) is 22.6 Å². The molecular weight excluding hydrogens is 208 g/mol. The molecule has 0 aliphatic heterocycles. The van der Waals surface area contributed by atoms with E-state index in [4.69, 9.17) is 9.47 Å². The number of ketones is 2. The molecule has 0 radical (unpaired) electrons. The SMILES string of the molecule is COc1cc(OC)c(C(C)=O)cc1C(C)=O. The Hall–Kier alpha value is -1.84. The second-order valence-electron chi connectivity index (χ2n) is 3.37. The molecule has 0 N–H and O–H groups in total. The zero-order valence-corrected chi connectivity index (χ0v) is 9.79. The van der Waals surface area contributed by atoms with Crippen LogP contribution in [-0.4, -0.2) is 25.8 Å². The van der Waals surface area contributed by atoms with Crippen LogP contribution in [0.5, 0.6) is 11.5 Å². The summed E-state index contributed by atoms with van der Waals surface area (Å²) in [5, 5.41) is 0. The lowest BCUT2D eigenvalue weighted by molar-refractivity contribution is 0.101. The normalized spacial score (nSPS) is 9.75. The number of hydrogen-bond donors (Lipinski definition) is 0. The Kier molecular flexibility index (Phi) is 3.66. The van der Waals surface area contributed by atoms with E-state index in [1.165, 1.54) is 34.1 Å². The standard InChI is InChI=1S/C12H14O4/c1-7(13)9-5-10(8(2)14)12(16-4)6-11(9)15-3/h5-6H,1-4H3. The van der Waals surface area contributed by atoms with Gasteiger partial charge in [0.2, 0.25) is 0 Å². The minimum absolute atomic E-state index is 0.151. The fraction of sp³-hybridized carbons (Fsp3) is 0.333. The van der Waals surface area contributed by atoms with Crippen molar-refractivity contribution in [2.24, 2.45) is 0 Å². The van der Waals surface area contributed by atoms with Crippen molar-refractivity contribution in [3.05, 3.63) is 23.3 Å². The third-order valence-electron chi connectivity index (χ3n) is 2.28. The molecule has 0 aromatic heterocycles. The molecular formula is C12H14O4. The van der Waals surface area contributed by atoms with Gasteiger partial charge in [-0.05, 0) is 19.9 Å². The number of hydrogen-bond acceptors (Lipinski definition) is 4. The molecule has 86 valence electrons. The zero-order valence-electron chi connectivity index (χ0n) is 9.79. The largest absolute Gasteiger partial charge is 0.496 e. The van der Waals surface area contributed by atoms with Crippen molar-refractivity contribution in [1.29, 1.82) is 0 Å². The van der Waals surface area contributed by atoms with Gasteiger partial charge in [0.05, 0.1) is 25.3 Å². The number of methoxy groups -OCH3 is 2. The van der Waals surface area contributed by atoms with Gasteiger partial charge in [-0.15, -0.1) is 0 Å². The number of ether oxygens (including phenoxy) is 2. The minimum atomic E-state index is -0.151. The molecule has 16 heavy (non-hydrogen) atoms. The van der Waals surface area contributed by atoms with Crippen molar-refractivity contribution in [2.75, 3.05) is 14.2 Å². The first-order valence-corrected chi connectivity index (χ1v) is 4.79. The van der Waals surface area contributed by atoms with Crippen LogP contribution in [0.25, 0.3) is 0 Å². The van der Waals surface area contributed by atoms with Crippen molar-refractivity contribution in [1.82, 2.24) is 0 Å². The van der Waals surface area contributed by atoms with E-state index in [1.54, 1.807) is 6.07 Å². The smallest absolute Gasteiger partial charge is 0.163 e. The van der Waals surface area contributed by atoms with Gasteiger partial charge in [-0.2, -0.15) is 0 Å². The maximum Gasteiger partial charge on any atom is 0.163 e. The van der Waals surface area contributed by atoms with Gasteiger partial charge >= 0.3 is 0 Å². The summed E-state index contributed by atoms with van der Waals surface area (Å²) in [6.45, 7) is 2.85. The molecule has 4 heteroatoms. The quantitative estimate of drug-likeness (QED) is 0.732. The summed E-state index contributed by atoms with van der Waals surface area (Å²) in [4.78, 5) is 22.7. The molecule has 0 spiro atoms. The van der Waals surface area contributed by atoms with Crippen LogP contribution < -0.4 is 9.47 Å². The van der Waals surface area contributed by atoms with E-state index < -0.39 is 0 Å². The zero-order chi connectivity index (χ0) is 12.3. The Bertz CT molecular complexity index is 398. The Balaban J connectivity index is 3.46. The summed E-state index contributed by atoms with van der Waals surface area (Å²) in [6.07, 6.45) is 0. The topological polar surface area (TPSA) is 52.6 Å². The second-order valence-corrected chi connectivity index (χ2v) is 3.37. The predicted molar refractivity (Wildman–Crippen MR) is 59.6 cm³/mol. The molecule has 4 nitrogen and oxygen atoms in total. The number of carbonyl (C=O) groups excluding carboxylic acids is 2. The molecule has 0 bridgehead atoms. The van der Waals surface area contributed by atoms with Gasteiger partial charge in [-0.3, -0.25) is 9.59 Å². The van der Waals surface area contributed by atoms with Gasteiger partial charge in [0.15, 0.2) is 11.6 Å². The van der Waals surface area contributed by atoms with Crippen LogP contribution in [0, 0.1) is 0 Å². The summed E-state index contributed by atoms with van der Waals surface area (Å²) >= 11 is 0. The molecule has 0 unspecified atom stereocenters. The summed E-state index contributed by atoms with van der Waals surface area (Å²) in [5.41, 5.74) is 0.766. The average Bonchev–Trinajstić information content (AvgIpc) is 2.26. The van der Waals surface area contributed by atoms with E-state index in [9.17, 15) is 9.59 Å². The van der Waals surface area contributed by atoms with Crippen LogP contribution in [0.1, 0.15) is 34.6 Å². The van der Waals surface area contributed by atoms with Crippen LogP contribution >= 0.6 is 0 Å². The molecule has 1 rings (SSSR count). The highest BCUT2D eigenvalue weighted by Gasteiger charge is 2.16. The van der Waals surface area contributed by atoms with Crippen molar-refractivity contribution in [3.63, 3.8) is 0 Å². The van der Waals surface area contributed by atoms with Gasteiger partial charge in [0.1, 0.15) is 11.5 Å². The fourth-order valence-corrected chi connectivity index (χ4v) is 1.45. The highest BCUT2D eigenvalue weighted by atomic mass is 16.5. The van der Waals surface area contributed by atoms with Gasteiger partial charge in [-0.25, -0.2) is 0 Å². The molecule has 0 amide bonds. The lowest BCUT2D eigenvalue weighted by Crippen LogP contribution is -2.04. The molecule has 0 heterocycles. The maximum absolute atomic E-state index is 11.4. The van der Waals surface area contributed by atoms with Crippen LogP contribution in [0.2, 0.25) is 0 Å². The van der Waals surface area contributed by atoms with Crippen LogP contribution in [0.15, 0.2) is 12.1 Å². The summed E-state index contributed by atoms with van der Waals surface area (Å²) in [6, 6.07) is 3.05. The fourth-order valence-electron chi connectivity index (χ4n) is 1.45. The van der Waals surface area contributed by atoms with Gasteiger partial charge in [0, 0.05) is 6.07 Å². The van der Waals surface area contributed by atoms with Crippen molar-refractivity contribution < 1.29 is 19.1 Å². The van der Waals surface area contributed by atoms with Gasteiger partial charge in [0.25, 0.3) is 0 Å². The Labute approximate surface area is 94.2 Å². The summed E-state index contributed by atoms with van der Waals surface area (Å²) in [5.74, 6) is 0.521. The van der Waals surface area contributed by atoms with Gasteiger partial charge < -0.3 is 9.47 Å². The first-order chi connectivity index (χ1) is 7.51. The molecule has 0 saturated carbocycles. The van der Waals surface area contributed by atoms with Gasteiger partial charge in [-0.1, -0.05) is 0 Å². The van der Waals surface area contributed by atoms with E-state index in [0.717, 1.165) is 0 Å². The summed E-state index contributed by atoms with van der Waals surface area (Å²) < 4.78 is 10.1. The number of Topliss-reactive ketones (excluding diaryl/α,β-unsaturated/α-hetero) is 2. The van der Waals surface area contributed by atoms with Crippen LogP contribution in [-0.2, 0) is 0 Å². The molecule has 0 fully saturated rings. The number of carbonyl (C=O) groups is 2. The van der Waals surface area contributed by atoms with Crippen LogP contribution in [0.4, 0.5) is 0 Å². The molecule has 1 aromatic carbocycles. The lowest BCUT2D eigenvalue weighted by Gasteiger charge is -2.11. The molecule has 0 saturated heterocycles. The third kappa shape index (κ3) is 2.21. The first-order valence-electron chi connectivity index (χ1n) is 4.79. The highest BCUT2D eigenvalue weighted by molar-refractivity contribution is 6.03. The Morgan fingerprint density at radius 2 is 1.25 bits per heavy atom. The van der Waals surface area contributed by atoms with E-state index in [2.05, 4.69) is 0 Å². The number of rotatable bonds is 4. The third-order valence-corrected chi connectivity index (χ3v) is 2.28. The maximum atomic E-state index is 11.4.